The molecule has 0 saturated carbocycles. The average Bonchev–Trinajstić information content (AvgIpc) is 2.83. The SMILES string of the molecule is COc1ccc(CCNC(=O)CNc2cccc(C(=O)N3CCSCC3)c2C)cc1OC. The maximum Gasteiger partial charge on any atom is 0.254 e. The number of nitrogens with zero attached hydrogens (tertiary/aromatic N) is 1. The fraction of sp³-hybridized carbons (Fsp3) is 0.417. The molecular formula is C24H31N3O4S. The Balaban J connectivity index is 1.50. The van der Waals surface area contributed by atoms with Crippen molar-refractivity contribution in [3.63, 3.8) is 0 Å². The van der Waals surface area contributed by atoms with Crippen LogP contribution in [0.3, 0.4) is 0 Å². The average molecular weight is 458 g/mol. The van der Waals surface area contributed by atoms with Gasteiger partial charge in [0.15, 0.2) is 11.5 Å². The first-order valence-corrected chi connectivity index (χ1v) is 11.9. The van der Waals surface area contributed by atoms with Crippen LogP contribution in [-0.4, -0.2) is 68.6 Å². The minimum Gasteiger partial charge on any atom is -0.493 e. The molecule has 0 radical (unpaired) electrons. The molecule has 32 heavy (non-hydrogen) atoms. The standard InChI is InChI=1S/C24H31N3O4S/c1-17-19(24(29)27-11-13-32-14-12-27)5-4-6-20(17)26-16-23(28)25-10-9-18-7-8-21(30-2)22(15-18)31-3/h4-8,15,26H,9-14,16H2,1-3H3,(H,25,28). The molecule has 0 aromatic heterocycles. The van der Waals surface area contributed by atoms with Gasteiger partial charge in [-0.2, -0.15) is 11.8 Å². The van der Waals surface area contributed by atoms with Gasteiger partial charge < -0.3 is 25.0 Å². The van der Waals surface area contributed by atoms with E-state index in [9.17, 15) is 9.59 Å². The summed E-state index contributed by atoms with van der Waals surface area (Å²) in [6.07, 6.45) is 0.684. The predicted molar refractivity (Wildman–Crippen MR) is 129 cm³/mol. The minimum absolute atomic E-state index is 0.0609. The van der Waals surface area contributed by atoms with E-state index in [0.717, 1.165) is 41.4 Å². The van der Waals surface area contributed by atoms with E-state index < -0.39 is 0 Å². The molecule has 2 amide bonds. The van der Waals surface area contributed by atoms with Crippen molar-refractivity contribution in [2.24, 2.45) is 0 Å². The maximum absolute atomic E-state index is 12.9. The summed E-state index contributed by atoms with van der Waals surface area (Å²) in [4.78, 5) is 27.1. The molecule has 0 spiro atoms. The summed E-state index contributed by atoms with van der Waals surface area (Å²) in [5.41, 5.74) is 3.41. The molecule has 0 bridgehead atoms. The normalized spacial score (nSPS) is 13.4. The van der Waals surface area contributed by atoms with Crippen LogP contribution >= 0.6 is 11.8 Å². The fourth-order valence-corrected chi connectivity index (χ4v) is 4.52. The number of methoxy groups -OCH3 is 2. The Morgan fingerprint density at radius 1 is 1.06 bits per heavy atom. The molecule has 2 N–H and O–H groups in total. The molecule has 2 aromatic rings. The first kappa shape index (κ1) is 23.8. The summed E-state index contributed by atoms with van der Waals surface area (Å²) in [6.45, 7) is 4.14. The first-order valence-electron chi connectivity index (χ1n) is 10.7. The number of anilines is 1. The highest BCUT2D eigenvalue weighted by Crippen LogP contribution is 2.27. The van der Waals surface area contributed by atoms with Gasteiger partial charge in [0, 0.05) is 42.4 Å². The lowest BCUT2D eigenvalue weighted by Crippen LogP contribution is -2.38. The highest BCUT2D eigenvalue weighted by Gasteiger charge is 2.20. The smallest absolute Gasteiger partial charge is 0.254 e. The Kier molecular flexibility index (Phi) is 8.67. The van der Waals surface area contributed by atoms with E-state index in [4.69, 9.17) is 9.47 Å². The third-order valence-corrected chi connectivity index (χ3v) is 6.43. The molecule has 172 valence electrons. The lowest BCUT2D eigenvalue weighted by molar-refractivity contribution is -0.119. The molecule has 1 heterocycles. The second-order valence-electron chi connectivity index (χ2n) is 7.53. The van der Waals surface area contributed by atoms with Gasteiger partial charge in [0.25, 0.3) is 5.91 Å². The zero-order valence-electron chi connectivity index (χ0n) is 18.9. The predicted octanol–water partition coefficient (Wildman–Crippen LogP) is 2.97. The van der Waals surface area contributed by atoms with Crippen molar-refractivity contribution in [2.45, 2.75) is 13.3 Å². The van der Waals surface area contributed by atoms with Gasteiger partial charge in [-0.15, -0.1) is 0 Å². The van der Waals surface area contributed by atoms with Crippen molar-refractivity contribution in [1.29, 1.82) is 0 Å². The number of amides is 2. The summed E-state index contributed by atoms with van der Waals surface area (Å²) in [5, 5.41) is 6.09. The largest absolute Gasteiger partial charge is 0.493 e. The number of hydrogen-bond acceptors (Lipinski definition) is 6. The Bertz CT molecular complexity index is 945. The van der Waals surface area contributed by atoms with Crippen LogP contribution in [0.4, 0.5) is 5.69 Å². The molecule has 0 aliphatic carbocycles. The number of carbonyl (C=O) groups is 2. The van der Waals surface area contributed by atoms with E-state index in [-0.39, 0.29) is 18.4 Å². The summed E-state index contributed by atoms with van der Waals surface area (Å²) in [6, 6.07) is 11.3. The summed E-state index contributed by atoms with van der Waals surface area (Å²) < 4.78 is 10.6. The van der Waals surface area contributed by atoms with Crippen molar-refractivity contribution < 1.29 is 19.1 Å². The monoisotopic (exact) mass is 457 g/mol. The van der Waals surface area contributed by atoms with E-state index >= 15 is 0 Å². The van der Waals surface area contributed by atoms with Crippen molar-refractivity contribution in [3.8, 4) is 11.5 Å². The van der Waals surface area contributed by atoms with Crippen LogP contribution in [0.25, 0.3) is 0 Å². The van der Waals surface area contributed by atoms with Crippen LogP contribution in [0, 0.1) is 6.92 Å². The summed E-state index contributed by atoms with van der Waals surface area (Å²) >= 11 is 1.88. The number of thioether (sulfide) groups is 1. The Labute approximate surface area is 193 Å². The number of ether oxygens (including phenoxy) is 2. The van der Waals surface area contributed by atoms with Crippen LogP contribution in [-0.2, 0) is 11.2 Å². The summed E-state index contributed by atoms with van der Waals surface area (Å²) in [5.74, 6) is 3.27. The number of rotatable bonds is 9. The highest BCUT2D eigenvalue weighted by molar-refractivity contribution is 7.99. The van der Waals surface area contributed by atoms with Gasteiger partial charge in [0.1, 0.15) is 0 Å². The molecule has 1 saturated heterocycles. The number of benzene rings is 2. The number of nitrogens with one attached hydrogen (secondary N) is 2. The van der Waals surface area contributed by atoms with E-state index in [1.54, 1.807) is 14.2 Å². The van der Waals surface area contributed by atoms with Crippen molar-refractivity contribution in [3.05, 3.63) is 53.1 Å². The van der Waals surface area contributed by atoms with Crippen molar-refractivity contribution >= 4 is 29.3 Å². The van der Waals surface area contributed by atoms with Crippen LogP contribution in [0.15, 0.2) is 36.4 Å². The van der Waals surface area contributed by atoms with E-state index in [0.29, 0.717) is 30.0 Å². The van der Waals surface area contributed by atoms with Crippen LogP contribution in [0.1, 0.15) is 21.5 Å². The fourth-order valence-electron chi connectivity index (χ4n) is 3.62. The lowest BCUT2D eigenvalue weighted by Gasteiger charge is -2.27. The number of hydrogen-bond donors (Lipinski definition) is 2. The Hall–Kier alpha value is -2.87. The number of carbonyl (C=O) groups excluding carboxylic acids is 2. The highest BCUT2D eigenvalue weighted by atomic mass is 32.2. The third-order valence-electron chi connectivity index (χ3n) is 5.49. The first-order chi connectivity index (χ1) is 15.5. The molecule has 1 fully saturated rings. The molecule has 1 aliphatic rings. The quantitative estimate of drug-likeness (QED) is 0.603. The Morgan fingerprint density at radius 3 is 2.53 bits per heavy atom. The molecule has 7 nitrogen and oxygen atoms in total. The van der Waals surface area contributed by atoms with Crippen molar-refractivity contribution in [1.82, 2.24) is 10.2 Å². The van der Waals surface area contributed by atoms with Crippen LogP contribution in [0.5, 0.6) is 11.5 Å². The van der Waals surface area contributed by atoms with E-state index in [1.807, 2.05) is 60.0 Å². The molecular weight excluding hydrogens is 426 g/mol. The molecule has 0 unspecified atom stereocenters. The van der Waals surface area contributed by atoms with Gasteiger partial charge in [-0.25, -0.2) is 0 Å². The van der Waals surface area contributed by atoms with Gasteiger partial charge in [-0.1, -0.05) is 12.1 Å². The zero-order valence-corrected chi connectivity index (χ0v) is 19.7. The summed E-state index contributed by atoms with van der Waals surface area (Å²) in [7, 11) is 3.20. The molecule has 1 aliphatic heterocycles. The lowest BCUT2D eigenvalue weighted by atomic mass is 10.1. The van der Waals surface area contributed by atoms with Gasteiger partial charge >= 0.3 is 0 Å². The van der Waals surface area contributed by atoms with Crippen LogP contribution < -0.4 is 20.1 Å². The van der Waals surface area contributed by atoms with E-state index in [2.05, 4.69) is 10.6 Å². The molecule has 0 atom stereocenters. The molecule has 3 rings (SSSR count). The minimum atomic E-state index is -0.102. The Morgan fingerprint density at radius 2 is 1.81 bits per heavy atom. The van der Waals surface area contributed by atoms with Gasteiger partial charge in [0.2, 0.25) is 5.91 Å². The zero-order chi connectivity index (χ0) is 22.9. The van der Waals surface area contributed by atoms with Gasteiger partial charge in [0.05, 0.1) is 20.8 Å². The van der Waals surface area contributed by atoms with Crippen molar-refractivity contribution in [2.75, 3.05) is 57.2 Å². The van der Waals surface area contributed by atoms with Gasteiger partial charge in [-0.3, -0.25) is 9.59 Å². The second kappa shape index (κ2) is 11.7. The second-order valence-corrected chi connectivity index (χ2v) is 8.75. The third kappa shape index (κ3) is 6.09. The molecule has 2 aromatic carbocycles. The van der Waals surface area contributed by atoms with Gasteiger partial charge in [-0.05, 0) is 48.7 Å². The van der Waals surface area contributed by atoms with E-state index in [1.165, 1.54) is 0 Å². The maximum atomic E-state index is 12.9. The molecule has 8 heteroatoms. The van der Waals surface area contributed by atoms with Crippen LogP contribution in [0.2, 0.25) is 0 Å². The topological polar surface area (TPSA) is 79.9 Å².